The van der Waals surface area contributed by atoms with Crippen LogP contribution in [0.5, 0.6) is 5.88 Å². The third-order valence-corrected chi connectivity index (χ3v) is 8.09. The van der Waals surface area contributed by atoms with Crippen molar-refractivity contribution in [2.75, 3.05) is 6.61 Å². The summed E-state index contributed by atoms with van der Waals surface area (Å²) in [5.41, 5.74) is 4.75. The molecule has 206 valence electrons. The molecule has 0 aliphatic heterocycles. The van der Waals surface area contributed by atoms with Crippen molar-refractivity contribution in [3.8, 4) is 5.88 Å². The molecule has 4 aliphatic rings. The molecule has 38 heavy (non-hydrogen) atoms. The second kappa shape index (κ2) is 9.74. The van der Waals surface area contributed by atoms with Crippen LogP contribution in [0.15, 0.2) is 16.7 Å². The molecule has 4 bridgehead atoms. The Labute approximate surface area is 222 Å². The largest absolute Gasteiger partial charge is 0.477 e. The highest BCUT2D eigenvalue weighted by Gasteiger charge is 2.57. The van der Waals surface area contributed by atoms with Gasteiger partial charge in [-0.05, 0) is 69.6 Å². The number of hydrogen-bond acceptors (Lipinski definition) is 8. The van der Waals surface area contributed by atoms with E-state index in [1.54, 1.807) is 24.0 Å². The Hall–Kier alpha value is -3.37. The second-order valence-corrected chi connectivity index (χ2v) is 12.2. The third kappa shape index (κ3) is 5.15. The van der Waals surface area contributed by atoms with Gasteiger partial charge in [0.05, 0.1) is 18.2 Å². The average Bonchev–Trinajstić information content (AvgIpc) is 3.44. The maximum Gasteiger partial charge on any atom is 0.405 e. The van der Waals surface area contributed by atoms with Crippen LogP contribution in [0.4, 0.5) is 4.79 Å². The van der Waals surface area contributed by atoms with Crippen LogP contribution in [-0.4, -0.2) is 50.2 Å². The predicted octanol–water partition coefficient (Wildman–Crippen LogP) is 3.83. The fraction of sp³-hybridized carbons (Fsp3) is 0.667. The summed E-state index contributed by atoms with van der Waals surface area (Å²) in [6.45, 7) is 10.2. The topological polar surface area (TPSA) is 147 Å². The summed E-state index contributed by atoms with van der Waals surface area (Å²) in [5.74, 6) is 2.43. The molecule has 11 heteroatoms. The summed E-state index contributed by atoms with van der Waals surface area (Å²) in [4.78, 5) is 25.2. The molecule has 2 atom stereocenters. The third-order valence-electron chi connectivity index (χ3n) is 8.09. The van der Waals surface area contributed by atoms with Crippen molar-refractivity contribution in [3.63, 3.8) is 0 Å². The van der Waals surface area contributed by atoms with Gasteiger partial charge in [0.25, 0.3) is 5.91 Å². The molecule has 2 heterocycles. The van der Waals surface area contributed by atoms with Gasteiger partial charge in [0.1, 0.15) is 11.2 Å². The van der Waals surface area contributed by atoms with Crippen LogP contribution < -0.4 is 15.8 Å². The summed E-state index contributed by atoms with van der Waals surface area (Å²) < 4.78 is 18.9. The summed E-state index contributed by atoms with van der Waals surface area (Å²) in [7, 11) is 0. The van der Waals surface area contributed by atoms with Gasteiger partial charge in [0, 0.05) is 19.2 Å². The van der Waals surface area contributed by atoms with E-state index in [9.17, 15) is 9.59 Å². The minimum Gasteiger partial charge on any atom is -0.477 e. The van der Waals surface area contributed by atoms with Gasteiger partial charge < -0.3 is 24.9 Å². The molecule has 3 N–H and O–H groups in total. The minimum absolute atomic E-state index is 0.0141. The van der Waals surface area contributed by atoms with Crippen LogP contribution in [0, 0.1) is 30.6 Å². The van der Waals surface area contributed by atoms with E-state index >= 15 is 0 Å². The first kappa shape index (κ1) is 26.2. The lowest BCUT2D eigenvalue weighted by Crippen LogP contribution is -2.63. The molecule has 4 fully saturated rings. The number of nitrogens with zero attached hydrogens (tertiary/aromatic N) is 4. The molecule has 2 amide bonds. The zero-order chi connectivity index (χ0) is 27.2. The van der Waals surface area contributed by atoms with Crippen molar-refractivity contribution in [3.05, 3.63) is 29.6 Å². The smallest absolute Gasteiger partial charge is 0.405 e. The zero-order valence-electron chi connectivity index (χ0n) is 22.8. The summed E-state index contributed by atoms with van der Waals surface area (Å²) in [6, 6.07) is 0.0141. The lowest BCUT2D eigenvalue weighted by molar-refractivity contribution is -0.137. The number of aryl methyl sites for hydroxylation is 1. The van der Waals surface area contributed by atoms with E-state index in [0.29, 0.717) is 35.7 Å². The van der Waals surface area contributed by atoms with E-state index in [-0.39, 0.29) is 29.7 Å². The molecule has 11 nitrogen and oxygen atoms in total. The van der Waals surface area contributed by atoms with Crippen LogP contribution in [-0.2, 0) is 10.2 Å². The number of nitrogens with two attached hydrogens (primary N) is 1. The average molecular weight is 527 g/mol. The SMILES string of the molecule is Cc1nnc(C(C)(C)/C=C/n2ncc(C(=O)N[C@H]3C4CC5CC3C[C@](OC(N)=O)(C5)C4)c2OCC(C)C)o1. The fourth-order valence-corrected chi connectivity index (χ4v) is 6.64. The van der Waals surface area contributed by atoms with E-state index in [0.717, 1.165) is 32.1 Å². The van der Waals surface area contributed by atoms with Gasteiger partial charge in [-0.3, -0.25) is 4.79 Å². The van der Waals surface area contributed by atoms with E-state index in [1.807, 2.05) is 19.9 Å². The number of rotatable bonds is 9. The quantitative estimate of drug-likeness (QED) is 0.501. The molecule has 4 saturated carbocycles. The van der Waals surface area contributed by atoms with E-state index in [4.69, 9.17) is 19.6 Å². The standard InChI is InChI=1S/C27H38N6O5/c1-15(2)14-36-23-20(13-29-33(23)7-6-26(4,5)24-32-31-16(3)37-24)22(34)30-21-18-8-17-9-19(21)12-27(10-17,11-18)38-25(28)35/h6-7,13,15,17-19,21H,8-12,14H2,1-5H3,(H2,28,35)(H,30,34)/b7-6+/t17?,18?,19?,21-,27-. The highest BCUT2D eigenvalue weighted by atomic mass is 16.6. The molecule has 2 aromatic rings. The number of ether oxygens (including phenoxy) is 2. The first-order valence-corrected chi connectivity index (χ1v) is 13.4. The molecule has 0 aromatic carbocycles. The Balaban J connectivity index is 1.35. The minimum atomic E-state index is -0.711. The maximum absolute atomic E-state index is 13.6. The first-order valence-electron chi connectivity index (χ1n) is 13.4. The highest BCUT2D eigenvalue weighted by Crippen LogP contribution is 2.57. The highest BCUT2D eigenvalue weighted by molar-refractivity contribution is 5.96. The number of hydrogen-bond donors (Lipinski definition) is 2. The van der Waals surface area contributed by atoms with Crippen molar-refractivity contribution >= 4 is 18.2 Å². The van der Waals surface area contributed by atoms with Crippen LogP contribution >= 0.6 is 0 Å². The van der Waals surface area contributed by atoms with Gasteiger partial charge in [-0.2, -0.15) is 5.10 Å². The van der Waals surface area contributed by atoms with Crippen molar-refractivity contribution in [2.45, 2.75) is 83.8 Å². The molecule has 0 radical (unpaired) electrons. The summed E-state index contributed by atoms with van der Waals surface area (Å²) in [5, 5.41) is 15.8. The predicted molar refractivity (Wildman–Crippen MR) is 138 cm³/mol. The molecule has 4 aliphatic carbocycles. The van der Waals surface area contributed by atoms with E-state index < -0.39 is 17.1 Å². The van der Waals surface area contributed by atoms with Crippen LogP contribution in [0.2, 0.25) is 0 Å². The molecular formula is C27H38N6O5. The van der Waals surface area contributed by atoms with Crippen molar-refractivity contribution in [2.24, 2.45) is 29.4 Å². The lowest BCUT2D eigenvalue weighted by atomic mass is 9.52. The van der Waals surface area contributed by atoms with E-state index in [1.165, 1.54) is 0 Å². The molecule has 2 unspecified atom stereocenters. The maximum atomic E-state index is 13.6. The Morgan fingerprint density at radius 1 is 1.26 bits per heavy atom. The molecule has 6 rings (SSSR count). The van der Waals surface area contributed by atoms with Crippen LogP contribution in [0.3, 0.4) is 0 Å². The number of primary amides is 1. The molecule has 0 saturated heterocycles. The monoisotopic (exact) mass is 526 g/mol. The Morgan fingerprint density at radius 2 is 1.97 bits per heavy atom. The molecular weight excluding hydrogens is 488 g/mol. The number of carbonyl (C=O) groups is 2. The number of allylic oxidation sites excluding steroid dienone is 1. The van der Waals surface area contributed by atoms with Crippen molar-refractivity contribution in [1.29, 1.82) is 0 Å². The Bertz CT molecular complexity index is 1210. The number of nitrogens with one attached hydrogen (secondary N) is 1. The summed E-state index contributed by atoms with van der Waals surface area (Å²) in [6.07, 6.45) is 8.88. The first-order chi connectivity index (χ1) is 17.9. The number of amides is 2. The van der Waals surface area contributed by atoms with Crippen molar-refractivity contribution in [1.82, 2.24) is 25.3 Å². The van der Waals surface area contributed by atoms with Gasteiger partial charge in [0.2, 0.25) is 17.7 Å². The number of aromatic nitrogens is 4. The van der Waals surface area contributed by atoms with Crippen LogP contribution in [0.25, 0.3) is 6.20 Å². The van der Waals surface area contributed by atoms with E-state index in [2.05, 4.69) is 34.5 Å². The van der Waals surface area contributed by atoms with Gasteiger partial charge in [0.15, 0.2) is 0 Å². The summed E-state index contributed by atoms with van der Waals surface area (Å²) >= 11 is 0. The molecule has 0 spiro atoms. The normalized spacial score (nSPS) is 28.3. The van der Waals surface area contributed by atoms with Gasteiger partial charge in [-0.15, -0.1) is 10.2 Å². The lowest BCUT2D eigenvalue weighted by Gasteiger charge is -2.58. The Kier molecular flexibility index (Phi) is 6.73. The second-order valence-electron chi connectivity index (χ2n) is 12.2. The molecule has 2 aromatic heterocycles. The van der Waals surface area contributed by atoms with Gasteiger partial charge >= 0.3 is 6.09 Å². The fourth-order valence-electron chi connectivity index (χ4n) is 6.64. The van der Waals surface area contributed by atoms with Gasteiger partial charge in [-0.25, -0.2) is 9.48 Å². The van der Waals surface area contributed by atoms with Gasteiger partial charge in [-0.1, -0.05) is 19.9 Å². The van der Waals surface area contributed by atoms with Crippen LogP contribution in [0.1, 0.15) is 81.9 Å². The zero-order valence-corrected chi connectivity index (χ0v) is 22.8. The van der Waals surface area contributed by atoms with Crippen molar-refractivity contribution < 1.29 is 23.5 Å². The Morgan fingerprint density at radius 3 is 2.58 bits per heavy atom. The number of carbonyl (C=O) groups excluding carboxylic acids is 2.